The van der Waals surface area contributed by atoms with Gasteiger partial charge in [0.05, 0.1) is 5.41 Å². The van der Waals surface area contributed by atoms with Gasteiger partial charge in [-0.05, 0) is 67.9 Å². The molecule has 0 aliphatic rings. The largest absolute Gasteiger partial charge is 0.426 e. The summed E-state index contributed by atoms with van der Waals surface area (Å²) in [5.74, 6) is 0.510. The Kier molecular flexibility index (Phi) is 6.71. The maximum Gasteiger partial charge on any atom is 0.322 e. The van der Waals surface area contributed by atoms with Crippen molar-refractivity contribution in [3.05, 3.63) is 78.4 Å². The fraction of sp³-hybridized carbons (Fsp3) is 0.346. The molecule has 0 heterocycles. The van der Waals surface area contributed by atoms with Crippen LogP contribution in [0.15, 0.2) is 72.8 Å². The zero-order chi connectivity index (χ0) is 20.9. The molecule has 0 amide bonds. The van der Waals surface area contributed by atoms with Gasteiger partial charge in [-0.25, -0.2) is 0 Å². The molecule has 1 atom stereocenters. The van der Waals surface area contributed by atoms with E-state index in [-0.39, 0.29) is 11.9 Å². The fourth-order valence-corrected chi connectivity index (χ4v) is 4.16. The molecule has 3 heteroatoms. The summed E-state index contributed by atoms with van der Waals surface area (Å²) in [6.45, 7) is 5.19. The fourth-order valence-electron chi connectivity index (χ4n) is 4.16. The van der Waals surface area contributed by atoms with Crippen molar-refractivity contribution < 1.29 is 9.53 Å². The van der Waals surface area contributed by atoms with E-state index in [1.54, 1.807) is 0 Å². The predicted molar refractivity (Wildman–Crippen MR) is 120 cm³/mol. The lowest BCUT2D eigenvalue weighted by atomic mass is 9.67. The molecule has 3 aromatic rings. The number of carbonyl (C=O) groups excluding carboxylic acids is 1. The number of fused-ring (bicyclic) bond motifs is 1. The third kappa shape index (κ3) is 4.51. The van der Waals surface area contributed by atoms with E-state index in [0.29, 0.717) is 5.75 Å². The lowest BCUT2D eigenvalue weighted by molar-refractivity contribution is -0.143. The summed E-state index contributed by atoms with van der Waals surface area (Å²) < 4.78 is 5.95. The highest BCUT2D eigenvalue weighted by Crippen LogP contribution is 2.42. The van der Waals surface area contributed by atoms with Crippen LogP contribution in [0.4, 0.5) is 0 Å². The minimum atomic E-state index is -0.716. The number of esters is 1. The molecule has 3 aromatic carbocycles. The molecule has 3 rings (SSSR count). The number of hydrogen-bond acceptors (Lipinski definition) is 3. The molecule has 1 unspecified atom stereocenters. The normalized spacial score (nSPS) is 13.6. The number of ether oxygens (including phenoxy) is 1. The first-order valence-electron chi connectivity index (χ1n) is 10.4. The minimum absolute atomic E-state index is 0.0895. The van der Waals surface area contributed by atoms with Crippen molar-refractivity contribution in [2.75, 3.05) is 20.6 Å². The van der Waals surface area contributed by atoms with E-state index in [1.807, 2.05) is 42.5 Å². The van der Waals surface area contributed by atoms with E-state index in [9.17, 15) is 4.79 Å². The summed E-state index contributed by atoms with van der Waals surface area (Å²) in [6.07, 6.45) is 1.65. The summed E-state index contributed by atoms with van der Waals surface area (Å²) in [7, 11) is 4.13. The molecule has 0 bridgehead atoms. The quantitative estimate of drug-likeness (QED) is 0.367. The van der Waals surface area contributed by atoms with Crippen molar-refractivity contribution in [1.82, 2.24) is 4.90 Å². The van der Waals surface area contributed by atoms with Crippen molar-refractivity contribution in [3.8, 4) is 5.75 Å². The highest BCUT2D eigenvalue weighted by molar-refractivity contribution is 5.94. The van der Waals surface area contributed by atoms with Crippen LogP contribution in [0, 0.1) is 5.92 Å². The van der Waals surface area contributed by atoms with E-state index in [1.165, 1.54) is 0 Å². The number of carbonyl (C=O) groups is 1. The van der Waals surface area contributed by atoms with Gasteiger partial charge in [-0.2, -0.15) is 0 Å². The molecule has 0 aromatic heterocycles. The Morgan fingerprint density at radius 2 is 1.59 bits per heavy atom. The van der Waals surface area contributed by atoms with Crippen molar-refractivity contribution in [2.45, 2.75) is 32.1 Å². The Morgan fingerprint density at radius 3 is 2.28 bits per heavy atom. The van der Waals surface area contributed by atoms with Crippen LogP contribution in [0.25, 0.3) is 10.8 Å². The van der Waals surface area contributed by atoms with Crippen molar-refractivity contribution in [2.24, 2.45) is 5.92 Å². The van der Waals surface area contributed by atoms with E-state index >= 15 is 0 Å². The van der Waals surface area contributed by atoms with Crippen molar-refractivity contribution >= 4 is 16.7 Å². The van der Waals surface area contributed by atoms with Crippen molar-refractivity contribution in [1.29, 1.82) is 0 Å². The van der Waals surface area contributed by atoms with E-state index in [4.69, 9.17) is 4.74 Å². The number of nitrogens with zero attached hydrogens (tertiary/aromatic N) is 1. The monoisotopic (exact) mass is 389 g/mol. The molecule has 0 spiro atoms. The third-order valence-corrected chi connectivity index (χ3v) is 5.75. The number of rotatable bonds is 8. The number of para-hydroxylation sites is 1. The SMILES string of the molecule is CC(C)C(CCCN(C)C)(C(=O)Oc1ccccc1)c1cccc2ccccc12. The highest BCUT2D eigenvalue weighted by atomic mass is 16.5. The Balaban J connectivity index is 2.11. The Hall–Kier alpha value is -2.65. The van der Waals surface area contributed by atoms with Crippen LogP contribution < -0.4 is 4.74 Å². The van der Waals surface area contributed by atoms with Gasteiger partial charge in [0.25, 0.3) is 0 Å². The molecule has 0 N–H and O–H groups in total. The summed E-state index contributed by atoms with van der Waals surface area (Å²) in [6, 6.07) is 23.9. The van der Waals surface area contributed by atoms with Gasteiger partial charge in [0, 0.05) is 0 Å². The molecular formula is C26H31NO2. The van der Waals surface area contributed by atoms with Crippen molar-refractivity contribution in [3.63, 3.8) is 0 Å². The molecule has 0 radical (unpaired) electrons. The standard InChI is InChI=1S/C26H31NO2/c1-20(2)26(18-11-19-27(3)4,25(28)29-22-14-6-5-7-15-22)24-17-10-13-21-12-8-9-16-23(21)24/h5-10,12-17,20H,11,18-19H2,1-4H3. The maximum absolute atomic E-state index is 13.8. The summed E-state index contributed by atoms with van der Waals surface area (Å²) in [5, 5.41) is 2.27. The first-order valence-corrected chi connectivity index (χ1v) is 10.4. The average Bonchev–Trinajstić information content (AvgIpc) is 2.71. The molecule has 0 aliphatic carbocycles. The van der Waals surface area contributed by atoms with Crippen LogP contribution in [-0.2, 0) is 10.2 Å². The van der Waals surface area contributed by atoms with Gasteiger partial charge < -0.3 is 9.64 Å². The minimum Gasteiger partial charge on any atom is -0.426 e. The molecule has 0 fully saturated rings. The lowest BCUT2D eigenvalue weighted by Gasteiger charge is -2.37. The van der Waals surface area contributed by atoms with Crippen LogP contribution >= 0.6 is 0 Å². The third-order valence-electron chi connectivity index (χ3n) is 5.75. The van der Waals surface area contributed by atoms with Crippen LogP contribution in [0.3, 0.4) is 0 Å². The molecule has 29 heavy (non-hydrogen) atoms. The van der Waals surface area contributed by atoms with Gasteiger partial charge in [0.1, 0.15) is 5.75 Å². The van der Waals surface area contributed by atoms with Crippen LogP contribution in [-0.4, -0.2) is 31.5 Å². The first kappa shape index (κ1) is 21.1. The number of benzene rings is 3. The summed E-state index contributed by atoms with van der Waals surface area (Å²) in [5.41, 5.74) is 0.345. The molecule has 0 saturated carbocycles. The Morgan fingerprint density at radius 1 is 0.931 bits per heavy atom. The van der Waals surface area contributed by atoms with E-state index < -0.39 is 5.41 Å². The summed E-state index contributed by atoms with van der Waals surface area (Å²) in [4.78, 5) is 15.9. The van der Waals surface area contributed by atoms with Crippen LogP contribution in [0.1, 0.15) is 32.3 Å². The van der Waals surface area contributed by atoms with E-state index in [2.05, 4.69) is 63.2 Å². The Labute approximate surface area is 174 Å². The molecular weight excluding hydrogens is 358 g/mol. The zero-order valence-electron chi connectivity index (χ0n) is 17.9. The van der Waals surface area contributed by atoms with Gasteiger partial charge in [0.15, 0.2) is 0 Å². The van der Waals surface area contributed by atoms with Crippen LogP contribution in [0.5, 0.6) is 5.75 Å². The predicted octanol–water partition coefficient (Wildman–Crippen LogP) is 5.68. The molecule has 0 aliphatic heterocycles. The number of hydrogen-bond donors (Lipinski definition) is 0. The molecule has 3 nitrogen and oxygen atoms in total. The smallest absolute Gasteiger partial charge is 0.322 e. The van der Waals surface area contributed by atoms with E-state index in [0.717, 1.165) is 35.7 Å². The van der Waals surface area contributed by atoms with Gasteiger partial charge in [-0.3, -0.25) is 4.79 Å². The molecule has 152 valence electrons. The second kappa shape index (κ2) is 9.23. The van der Waals surface area contributed by atoms with Gasteiger partial charge in [-0.1, -0.05) is 74.5 Å². The lowest BCUT2D eigenvalue weighted by Crippen LogP contribution is -2.44. The van der Waals surface area contributed by atoms with Gasteiger partial charge in [0.2, 0.25) is 0 Å². The zero-order valence-corrected chi connectivity index (χ0v) is 17.9. The molecule has 0 saturated heterocycles. The second-order valence-electron chi connectivity index (χ2n) is 8.26. The highest BCUT2D eigenvalue weighted by Gasteiger charge is 2.45. The maximum atomic E-state index is 13.8. The summed E-state index contributed by atoms with van der Waals surface area (Å²) >= 11 is 0. The first-order chi connectivity index (χ1) is 13.9. The Bertz CT molecular complexity index is 944. The van der Waals surface area contributed by atoms with Crippen LogP contribution in [0.2, 0.25) is 0 Å². The van der Waals surface area contributed by atoms with Gasteiger partial charge in [-0.15, -0.1) is 0 Å². The van der Waals surface area contributed by atoms with Gasteiger partial charge >= 0.3 is 5.97 Å². The topological polar surface area (TPSA) is 29.5 Å². The average molecular weight is 390 g/mol. The second-order valence-corrected chi connectivity index (χ2v) is 8.26.